The number of halogens is 2. The molecule has 21 heavy (non-hydrogen) atoms. The van der Waals surface area contributed by atoms with Crippen molar-refractivity contribution in [2.24, 2.45) is 12.8 Å². The number of hydrogen-bond donors (Lipinski definition) is 1. The minimum absolute atomic E-state index is 0.183. The zero-order chi connectivity index (χ0) is 15.1. The Labute approximate surface area is 131 Å². The van der Waals surface area contributed by atoms with E-state index < -0.39 is 0 Å². The Morgan fingerprint density at radius 1 is 1.43 bits per heavy atom. The van der Waals surface area contributed by atoms with Gasteiger partial charge in [0.25, 0.3) is 0 Å². The molecule has 3 aromatic rings. The molecular weight excluding hydrogens is 309 g/mol. The van der Waals surface area contributed by atoms with Crippen molar-refractivity contribution in [2.75, 3.05) is 0 Å². The van der Waals surface area contributed by atoms with Crippen molar-refractivity contribution in [2.45, 2.75) is 19.4 Å². The lowest BCUT2D eigenvalue weighted by Crippen LogP contribution is -2.14. The second-order valence-corrected chi connectivity index (χ2v) is 6.60. The van der Waals surface area contributed by atoms with Crippen molar-refractivity contribution >= 4 is 33.0 Å². The number of hydrogen-bond acceptors (Lipinski definition) is 3. The van der Waals surface area contributed by atoms with Gasteiger partial charge in [0.2, 0.25) is 0 Å². The molecule has 1 aromatic carbocycles. The third-order valence-corrected chi connectivity index (χ3v) is 5.28. The summed E-state index contributed by atoms with van der Waals surface area (Å²) in [6, 6.07) is 6.55. The van der Waals surface area contributed by atoms with Crippen LogP contribution in [0.4, 0.5) is 4.39 Å². The molecule has 0 saturated heterocycles. The van der Waals surface area contributed by atoms with Crippen LogP contribution in [0.15, 0.2) is 24.3 Å². The van der Waals surface area contributed by atoms with Gasteiger partial charge in [-0.15, -0.1) is 11.3 Å². The molecular formula is C15H15ClFN3S. The van der Waals surface area contributed by atoms with Gasteiger partial charge in [0.1, 0.15) is 5.82 Å². The molecule has 0 saturated carbocycles. The average Bonchev–Trinajstić information content (AvgIpc) is 2.95. The molecule has 0 aliphatic rings. The van der Waals surface area contributed by atoms with Crippen LogP contribution >= 0.6 is 22.9 Å². The molecule has 1 atom stereocenters. The van der Waals surface area contributed by atoms with Gasteiger partial charge in [0.05, 0.1) is 16.4 Å². The van der Waals surface area contributed by atoms with Gasteiger partial charge in [0, 0.05) is 29.1 Å². The van der Waals surface area contributed by atoms with E-state index in [-0.39, 0.29) is 11.9 Å². The third kappa shape index (κ3) is 2.69. The van der Waals surface area contributed by atoms with Crippen LogP contribution in [0.3, 0.4) is 0 Å². The highest BCUT2D eigenvalue weighted by Gasteiger charge is 2.17. The van der Waals surface area contributed by atoms with Crippen molar-refractivity contribution in [1.29, 1.82) is 0 Å². The third-order valence-electron chi connectivity index (χ3n) is 3.54. The lowest BCUT2D eigenvalue weighted by Gasteiger charge is -2.10. The standard InChI is InChI=1S/C15H15ClFN3S/c1-8-15(16)12(20(2)19-8)7-11(18)14-6-9-5-10(17)3-4-13(9)21-14/h3-6,11H,7,18H2,1-2H3. The largest absolute Gasteiger partial charge is 0.323 e. The highest BCUT2D eigenvalue weighted by Crippen LogP contribution is 2.32. The van der Waals surface area contributed by atoms with E-state index in [1.165, 1.54) is 12.1 Å². The quantitative estimate of drug-likeness (QED) is 0.792. The highest BCUT2D eigenvalue weighted by atomic mass is 35.5. The Kier molecular flexibility index (Phi) is 3.73. The fourth-order valence-corrected chi connectivity index (χ4v) is 3.71. The van der Waals surface area contributed by atoms with Crippen LogP contribution in [0, 0.1) is 12.7 Å². The first-order valence-electron chi connectivity index (χ1n) is 6.58. The Morgan fingerprint density at radius 3 is 2.86 bits per heavy atom. The molecule has 6 heteroatoms. The minimum Gasteiger partial charge on any atom is -0.323 e. The normalized spacial score (nSPS) is 13.0. The summed E-state index contributed by atoms with van der Waals surface area (Å²) < 4.78 is 16.1. The van der Waals surface area contributed by atoms with E-state index in [0.29, 0.717) is 11.4 Å². The van der Waals surface area contributed by atoms with Gasteiger partial charge in [-0.25, -0.2) is 4.39 Å². The summed E-state index contributed by atoms with van der Waals surface area (Å²) in [7, 11) is 1.86. The van der Waals surface area contributed by atoms with Crippen LogP contribution in [0.25, 0.3) is 10.1 Å². The number of nitrogens with zero attached hydrogens (tertiary/aromatic N) is 2. The monoisotopic (exact) mass is 323 g/mol. The summed E-state index contributed by atoms with van der Waals surface area (Å²) in [5.41, 5.74) is 8.02. The molecule has 110 valence electrons. The molecule has 3 rings (SSSR count). The number of rotatable bonds is 3. The SMILES string of the molecule is Cc1nn(C)c(CC(N)c2cc3cc(F)ccc3s2)c1Cl. The summed E-state index contributed by atoms with van der Waals surface area (Å²) in [5, 5.41) is 5.85. The van der Waals surface area contributed by atoms with E-state index >= 15 is 0 Å². The van der Waals surface area contributed by atoms with Crippen molar-refractivity contribution in [3.8, 4) is 0 Å². The molecule has 2 N–H and O–H groups in total. The Bertz CT molecular complexity index is 809. The summed E-state index contributed by atoms with van der Waals surface area (Å²) >= 11 is 7.85. The van der Waals surface area contributed by atoms with Gasteiger partial charge in [-0.1, -0.05) is 11.6 Å². The van der Waals surface area contributed by atoms with Crippen molar-refractivity contribution in [3.63, 3.8) is 0 Å². The van der Waals surface area contributed by atoms with E-state index in [1.54, 1.807) is 22.1 Å². The zero-order valence-electron chi connectivity index (χ0n) is 11.7. The first kappa shape index (κ1) is 14.5. The molecule has 0 radical (unpaired) electrons. The molecule has 0 aliphatic heterocycles. The maximum absolute atomic E-state index is 13.2. The van der Waals surface area contributed by atoms with E-state index in [9.17, 15) is 4.39 Å². The van der Waals surface area contributed by atoms with Crippen LogP contribution in [-0.2, 0) is 13.5 Å². The maximum atomic E-state index is 13.2. The molecule has 0 spiro atoms. The van der Waals surface area contributed by atoms with E-state index in [4.69, 9.17) is 17.3 Å². The predicted octanol–water partition coefficient (Wildman–Crippen LogP) is 3.98. The Morgan fingerprint density at radius 2 is 2.19 bits per heavy atom. The number of aromatic nitrogens is 2. The molecule has 3 nitrogen and oxygen atoms in total. The summed E-state index contributed by atoms with van der Waals surface area (Å²) in [6.45, 7) is 1.87. The lowest BCUT2D eigenvalue weighted by molar-refractivity contribution is 0.630. The van der Waals surface area contributed by atoms with Gasteiger partial charge in [-0.3, -0.25) is 4.68 Å². The van der Waals surface area contributed by atoms with Gasteiger partial charge >= 0.3 is 0 Å². The van der Waals surface area contributed by atoms with Crippen LogP contribution in [0.1, 0.15) is 22.3 Å². The number of benzene rings is 1. The first-order chi connectivity index (χ1) is 9.95. The van der Waals surface area contributed by atoms with Gasteiger partial charge < -0.3 is 5.73 Å². The molecule has 2 aromatic heterocycles. The fraction of sp³-hybridized carbons (Fsp3) is 0.267. The topological polar surface area (TPSA) is 43.8 Å². The van der Waals surface area contributed by atoms with Crippen LogP contribution in [0.2, 0.25) is 5.02 Å². The second-order valence-electron chi connectivity index (χ2n) is 5.11. The van der Waals surface area contributed by atoms with Gasteiger partial charge in [-0.2, -0.15) is 5.10 Å². The van der Waals surface area contributed by atoms with Crippen molar-refractivity contribution in [1.82, 2.24) is 9.78 Å². The molecule has 0 amide bonds. The number of nitrogens with two attached hydrogens (primary N) is 1. The predicted molar refractivity (Wildman–Crippen MR) is 85.4 cm³/mol. The Balaban J connectivity index is 1.91. The maximum Gasteiger partial charge on any atom is 0.123 e. The van der Waals surface area contributed by atoms with E-state index in [0.717, 1.165) is 26.4 Å². The molecule has 1 unspecified atom stereocenters. The second kappa shape index (κ2) is 5.40. The summed E-state index contributed by atoms with van der Waals surface area (Å²) in [5.74, 6) is -0.231. The molecule has 0 fully saturated rings. The zero-order valence-corrected chi connectivity index (χ0v) is 13.3. The molecule has 0 bridgehead atoms. The molecule has 0 aliphatic carbocycles. The highest BCUT2D eigenvalue weighted by molar-refractivity contribution is 7.19. The van der Waals surface area contributed by atoms with E-state index in [1.807, 2.05) is 20.0 Å². The van der Waals surface area contributed by atoms with Crippen molar-refractivity contribution in [3.05, 3.63) is 51.4 Å². The number of aryl methyl sites for hydroxylation is 2. The number of thiophene rings is 1. The Hall–Kier alpha value is -1.43. The minimum atomic E-state index is -0.231. The lowest BCUT2D eigenvalue weighted by atomic mass is 10.1. The summed E-state index contributed by atoms with van der Waals surface area (Å²) in [4.78, 5) is 1.02. The van der Waals surface area contributed by atoms with Gasteiger partial charge in [0.15, 0.2) is 0 Å². The van der Waals surface area contributed by atoms with E-state index in [2.05, 4.69) is 5.10 Å². The molecule has 2 heterocycles. The van der Waals surface area contributed by atoms with Crippen LogP contribution < -0.4 is 5.73 Å². The summed E-state index contributed by atoms with van der Waals surface area (Å²) in [6.07, 6.45) is 0.603. The van der Waals surface area contributed by atoms with Crippen LogP contribution in [0.5, 0.6) is 0 Å². The van der Waals surface area contributed by atoms with Crippen molar-refractivity contribution < 1.29 is 4.39 Å². The van der Waals surface area contributed by atoms with Crippen LogP contribution in [-0.4, -0.2) is 9.78 Å². The number of fused-ring (bicyclic) bond motifs is 1. The van der Waals surface area contributed by atoms with Gasteiger partial charge in [-0.05, 0) is 36.6 Å². The first-order valence-corrected chi connectivity index (χ1v) is 7.77. The fourth-order valence-electron chi connectivity index (χ4n) is 2.43. The average molecular weight is 324 g/mol. The smallest absolute Gasteiger partial charge is 0.123 e.